The van der Waals surface area contributed by atoms with Crippen LogP contribution in [0.1, 0.15) is 5.69 Å². The molecule has 7 heteroatoms. The molecule has 0 saturated heterocycles. The van der Waals surface area contributed by atoms with Crippen molar-refractivity contribution >= 4 is 11.3 Å². The fourth-order valence-electron chi connectivity index (χ4n) is 1.53. The predicted molar refractivity (Wildman–Crippen MR) is 60.7 cm³/mol. The van der Waals surface area contributed by atoms with Gasteiger partial charge in [0.25, 0.3) is 0 Å². The number of aliphatic hydroxyl groups excluding tert-OH is 1. The lowest BCUT2D eigenvalue weighted by Gasteiger charge is -2.00. The van der Waals surface area contributed by atoms with Crippen LogP contribution in [0.5, 0.6) is 0 Å². The van der Waals surface area contributed by atoms with Gasteiger partial charge in [-0.3, -0.25) is 0 Å². The number of aliphatic hydroxyl groups is 1. The van der Waals surface area contributed by atoms with Gasteiger partial charge >= 0.3 is 0 Å². The van der Waals surface area contributed by atoms with Crippen LogP contribution in [0.3, 0.4) is 0 Å². The van der Waals surface area contributed by atoms with Gasteiger partial charge in [0, 0.05) is 11.6 Å². The maximum absolute atomic E-state index is 9.25. The molecule has 6 nitrogen and oxygen atoms in total. The quantitative estimate of drug-likeness (QED) is 0.759. The van der Waals surface area contributed by atoms with Crippen molar-refractivity contribution in [3.63, 3.8) is 0 Å². The largest absolute Gasteiger partial charge is 0.463 e. The normalized spacial score (nSPS) is 10.9. The lowest BCUT2D eigenvalue weighted by Crippen LogP contribution is -1.98. The Labute approximate surface area is 100 Å². The molecule has 1 N–H and O–H groups in total. The Hall–Kier alpha value is -1.99. The summed E-state index contributed by atoms with van der Waals surface area (Å²) in [5, 5.41) is 19.7. The van der Waals surface area contributed by atoms with Crippen LogP contribution in [0.4, 0.5) is 0 Å². The number of hydrogen-bond acceptors (Lipinski definition) is 6. The first-order chi connectivity index (χ1) is 8.40. The number of rotatable bonds is 3. The van der Waals surface area contributed by atoms with Crippen molar-refractivity contribution in [3.05, 3.63) is 35.7 Å². The molecule has 0 atom stereocenters. The van der Waals surface area contributed by atoms with E-state index in [2.05, 4.69) is 15.3 Å². The molecule has 3 rings (SSSR count). The standard InChI is InChI=1S/C10H8N4O2S/c15-6-7-9(8-2-1-4-16-8)14(13-12-7)10-11-3-5-17-10/h1-5,15H,6H2. The van der Waals surface area contributed by atoms with Gasteiger partial charge in [-0.15, -0.1) is 16.4 Å². The third-order valence-corrected chi connectivity index (χ3v) is 2.99. The Bertz CT molecular complexity index is 600. The van der Waals surface area contributed by atoms with Crippen LogP contribution in [0.25, 0.3) is 16.6 Å². The number of thiazole rings is 1. The molecule has 0 fully saturated rings. The van der Waals surface area contributed by atoms with Crippen molar-refractivity contribution in [1.82, 2.24) is 20.0 Å². The second kappa shape index (κ2) is 4.11. The van der Waals surface area contributed by atoms with Crippen LogP contribution >= 0.6 is 11.3 Å². The van der Waals surface area contributed by atoms with Crippen LogP contribution in [0, 0.1) is 0 Å². The first-order valence-electron chi connectivity index (χ1n) is 4.89. The number of hydrogen-bond donors (Lipinski definition) is 1. The molecule has 0 amide bonds. The van der Waals surface area contributed by atoms with Gasteiger partial charge in [0.15, 0.2) is 5.76 Å². The second-order valence-corrected chi connectivity index (χ2v) is 4.12. The molecule has 3 aromatic heterocycles. The highest BCUT2D eigenvalue weighted by Crippen LogP contribution is 2.26. The van der Waals surface area contributed by atoms with Crippen LogP contribution in [0.15, 0.2) is 34.4 Å². The van der Waals surface area contributed by atoms with Crippen molar-refractivity contribution in [3.8, 4) is 16.6 Å². The van der Waals surface area contributed by atoms with Gasteiger partial charge in [-0.05, 0) is 12.1 Å². The third-order valence-electron chi connectivity index (χ3n) is 2.24. The van der Waals surface area contributed by atoms with Gasteiger partial charge in [0.2, 0.25) is 5.13 Å². The molecule has 0 saturated carbocycles. The Morgan fingerprint density at radius 1 is 1.47 bits per heavy atom. The average Bonchev–Trinajstić information content (AvgIpc) is 3.09. The molecule has 0 aliphatic heterocycles. The highest BCUT2D eigenvalue weighted by molar-refractivity contribution is 7.12. The summed E-state index contributed by atoms with van der Waals surface area (Å²) in [6, 6.07) is 3.57. The van der Waals surface area contributed by atoms with E-state index in [0.29, 0.717) is 22.3 Å². The molecule has 0 radical (unpaired) electrons. The molecule has 0 aliphatic rings. The summed E-state index contributed by atoms with van der Waals surface area (Å²) in [6.45, 7) is -0.193. The minimum atomic E-state index is -0.193. The van der Waals surface area contributed by atoms with Crippen LogP contribution in [0.2, 0.25) is 0 Å². The zero-order valence-corrected chi connectivity index (χ0v) is 9.46. The second-order valence-electron chi connectivity index (χ2n) is 3.25. The van der Waals surface area contributed by atoms with Gasteiger partial charge < -0.3 is 9.52 Å². The Kier molecular flexibility index (Phi) is 2.46. The van der Waals surface area contributed by atoms with Crippen molar-refractivity contribution in [2.24, 2.45) is 0 Å². The van der Waals surface area contributed by atoms with Crippen LogP contribution < -0.4 is 0 Å². The predicted octanol–water partition coefficient (Wildman–Crippen LogP) is 1.48. The highest BCUT2D eigenvalue weighted by atomic mass is 32.1. The summed E-state index contributed by atoms with van der Waals surface area (Å²) in [7, 11) is 0. The monoisotopic (exact) mass is 248 g/mol. The molecule has 0 aromatic carbocycles. The first kappa shape index (κ1) is 10.2. The zero-order valence-electron chi connectivity index (χ0n) is 8.65. The molecule has 3 heterocycles. The molecule has 3 aromatic rings. The van der Waals surface area contributed by atoms with Gasteiger partial charge in [-0.2, -0.15) is 4.68 Å². The molecular formula is C10H8N4O2S. The number of furan rings is 1. The van der Waals surface area contributed by atoms with Crippen molar-refractivity contribution in [2.45, 2.75) is 6.61 Å². The Morgan fingerprint density at radius 3 is 3.06 bits per heavy atom. The Balaban J connectivity index is 2.20. The smallest absolute Gasteiger partial charge is 0.212 e. The molecule has 0 unspecified atom stereocenters. The SMILES string of the molecule is OCc1nnn(-c2nccs2)c1-c1ccco1. The topological polar surface area (TPSA) is 77.0 Å². The summed E-state index contributed by atoms with van der Waals surface area (Å²) >= 11 is 1.44. The Morgan fingerprint density at radius 2 is 2.41 bits per heavy atom. The molecule has 0 aliphatic carbocycles. The molecule has 0 bridgehead atoms. The highest BCUT2D eigenvalue weighted by Gasteiger charge is 2.18. The van der Waals surface area contributed by atoms with E-state index < -0.39 is 0 Å². The van der Waals surface area contributed by atoms with E-state index in [4.69, 9.17) is 4.42 Å². The van der Waals surface area contributed by atoms with Crippen LogP contribution in [-0.4, -0.2) is 25.1 Å². The van der Waals surface area contributed by atoms with Gasteiger partial charge in [0.05, 0.1) is 12.9 Å². The van der Waals surface area contributed by atoms with E-state index in [1.807, 2.05) is 5.38 Å². The summed E-state index contributed by atoms with van der Waals surface area (Å²) in [5.41, 5.74) is 1.10. The van der Waals surface area contributed by atoms with E-state index in [0.717, 1.165) is 0 Å². The average molecular weight is 248 g/mol. The zero-order chi connectivity index (χ0) is 11.7. The minimum absolute atomic E-state index is 0.193. The lowest BCUT2D eigenvalue weighted by molar-refractivity contribution is 0.277. The molecule has 17 heavy (non-hydrogen) atoms. The van der Waals surface area contributed by atoms with E-state index in [1.165, 1.54) is 11.3 Å². The summed E-state index contributed by atoms with van der Waals surface area (Å²) in [5.74, 6) is 0.606. The van der Waals surface area contributed by atoms with Crippen molar-refractivity contribution < 1.29 is 9.52 Å². The summed E-state index contributed by atoms with van der Waals surface area (Å²) < 4.78 is 6.89. The maximum atomic E-state index is 9.25. The molecule has 86 valence electrons. The van der Waals surface area contributed by atoms with Crippen LogP contribution in [-0.2, 0) is 6.61 Å². The minimum Gasteiger partial charge on any atom is -0.463 e. The fourth-order valence-corrected chi connectivity index (χ4v) is 2.13. The van der Waals surface area contributed by atoms with E-state index in [1.54, 1.807) is 29.3 Å². The summed E-state index contributed by atoms with van der Waals surface area (Å²) in [4.78, 5) is 4.16. The summed E-state index contributed by atoms with van der Waals surface area (Å²) in [6.07, 6.45) is 3.25. The van der Waals surface area contributed by atoms with E-state index >= 15 is 0 Å². The maximum Gasteiger partial charge on any atom is 0.212 e. The molecular weight excluding hydrogens is 240 g/mol. The number of nitrogens with zero attached hydrogens (tertiary/aromatic N) is 4. The first-order valence-corrected chi connectivity index (χ1v) is 5.77. The van der Waals surface area contributed by atoms with Gasteiger partial charge in [0.1, 0.15) is 11.4 Å². The number of aromatic nitrogens is 4. The van der Waals surface area contributed by atoms with Gasteiger partial charge in [-0.25, -0.2) is 4.98 Å². The van der Waals surface area contributed by atoms with Crippen molar-refractivity contribution in [2.75, 3.05) is 0 Å². The van der Waals surface area contributed by atoms with E-state index in [-0.39, 0.29) is 6.61 Å². The van der Waals surface area contributed by atoms with Gasteiger partial charge in [-0.1, -0.05) is 5.21 Å². The third kappa shape index (κ3) is 1.65. The van der Waals surface area contributed by atoms with E-state index in [9.17, 15) is 5.11 Å². The lowest BCUT2D eigenvalue weighted by atomic mass is 10.2. The van der Waals surface area contributed by atoms with Crippen molar-refractivity contribution in [1.29, 1.82) is 0 Å². The fraction of sp³-hybridized carbons (Fsp3) is 0.100. The molecule has 0 spiro atoms.